The first kappa shape index (κ1) is 56.8. The lowest BCUT2D eigenvalue weighted by Crippen LogP contribution is -2.30. The lowest BCUT2D eigenvalue weighted by Gasteiger charge is -2.20. The van der Waals surface area contributed by atoms with Crippen molar-refractivity contribution in [2.45, 2.75) is 206 Å². The number of phosphoric ester groups is 2. The molecule has 0 aromatic rings. The van der Waals surface area contributed by atoms with Gasteiger partial charge >= 0.3 is 27.6 Å². The van der Waals surface area contributed by atoms with Gasteiger partial charge in [0.15, 0.2) is 6.10 Å². The molecule has 0 radical (unpaired) electrons. The second-order valence-electron chi connectivity index (χ2n) is 15.8. The molecule has 0 bridgehead atoms. The smallest absolute Gasteiger partial charge is 0.462 e. The molecule has 0 aromatic heterocycles. The number of hydrogen-bond acceptors (Lipinski definition) is 12. The lowest BCUT2D eigenvalue weighted by atomic mass is 10.0. The van der Waals surface area contributed by atoms with E-state index in [0.717, 1.165) is 63.7 Å². The van der Waals surface area contributed by atoms with Crippen LogP contribution in [0.5, 0.6) is 0 Å². The first-order valence-corrected chi connectivity index (χ1v) is 24.9. The number of phosphoric acid groups is 2. The van der Waals surface area contributed by atoms with Crippen molar-refractivity contribution in [2.75, 3.05) is 26.4 Å². The number of carbonyl (C=O) groups excluding carboxylic acids is 2. The number of ether oxygens (including phenoxy) is 2. The first-order valence-electron chi connectivity index (χ1n) is 21.9. The van der Waals surface area contributed by atoms with E-state index in [9.17, 15) is 38.9 Å². The van der Waals surface area contributed by atoms with Crippen LogP contribution in [0.1, 0.15) is 181 Å². The van der Waals surface area contributed by atoms with Gasteiger partial charge in [-0.15, -0.1) is 0 Å². The minimum absolute atomic E-state index is 0.0354. The van der Waals surface area contributed by atoms with Crippen molar-refractivity contribution in [1.29, 1.82) is 0 Å². The molecule has 0 fully saturated rings. The minimum Gasteiger partial charge on any atom is -0.462 e. The predicted octanol–water partition coefficient (Wildman–Crippen LogP) is 8.75. The standard InChI is InChI=1S/C41H80O15P2/c1-4-5-6-7-17-22-27-38(43)39(44)28-23-18-15-20-25-30-41(46)56-37(34-55-58(50,51)54-32-36(42)31-53-57(47,48)49)33-52-40(45)29-24-19-14-12-10-8-9-11-13-16-21-26-35(2)3/h17,22,35-39,42-44H,4-16,18-21,23-34H2,1-3H3,(H,50,51)(H2,47,48,49)/b22-17-/t36-,37+,38-,39-/m0/s1. The van der Waals surface area contributed by atoms with Gasteiger partial charge in [0.2, 0.25) is 0 Å². The number of hydrogen-bond donors (Lipinski definition) is 6. The van der Waals surface area contributed by atoms with Crippen LogP contribution in [0, 0.1) is 5.92 Å². The number of rotatable bonds is 41. The highest BCUT2D eigenvalue weighted by Gasteiger charge is 2.28. The van der Waals surface area contributed by atoms with E-state index in [2.05, 4.69) is 29.8 Å². The van der Waals surface area contributed by atoms with Gasteiger partial charge < -0.3 is 39.5 Å². The maximum atomic E-state index is 12.7. The Bertz CT molecular complexity index is 1130. The average Bonchev–Trinajstić information content (AvgIpc) is 3.16. The Morgan fingerprint density at radius 1 is 0.569 bits per heavy atom. The van der Waals surface area contributed by atoms with E-state index >= 15 is 0 Å². The molecule has 0 heterocycles. The van der Waals surface area contributed by atoms with Gasteiger partial charge in [-0.05, 0) is 44.4 Å². The molecule has 0 aliphatic carbocycles. The van der Waals surface area contributed by atoms with Crippen molar-refractivity contribution in [3.8, 4) is 0 Å². The summed E-state index contributed by atoms with van der Waals surface area (Å²) >= 11 is 0. The summed E-state index contributed by atoms with van der Waals surface area (Å²) in [5, 5.41) is 30.2. The summed E-state index contributed by atoms with van der Waals surface area (Å²) in [5.41, 5.74) is 0. The number of esters is 2. The molecule has 0 amide bonds. The molecule has 0 saturated carbocycles. The third kappa shape index (κ3) is 38.9. The Kier molecular flexibility index (Phi) is 35.7. The number of aliphatic hydroxyl groups is 3. The molecule has 1 unspecified atom stereocenters. The van der Waals surface area contributed by atoms with E-state index in [1.54, 1.807) is 0 Å². The van der Waals surface area contributed by atoms with E-state index in [0.29, 0.717) is 32.1 Å². The van der Waals surface area contributed by atoms with Gasteiger partial charge in [-0.3, -0.25) is 23.2 Å². The molecule has 344 valence electrons. The molecule has 5 atom stereocenters. The number of unbranched alkanes of at least 4 members (excludes halogenated alkanes) is 17. The Morgan fingerprint density at radius 2 is 1.07 bits per heavy atom. The zero-order chi connectivity index (χ0) is 43.5. The van der Waals surface area contributed by atoms with E-state index in [-0.39, 0.29) is 12.8 Å². The van der Waals surface area contributed by atoms with Gasteiger partial charge in [-0.2, -0.15) is 0 Å². The topological polar surface area (TPSA) is 236 Å². The fourth-order valence-corrected chi connectivity index (χ4v) is 7.18. The molecule has 6 N–H and O–H groups in total. The van der Waals surface area contributed by atoms with Gasteiger partial charge in [0.05, 0.1) is 32.0 Å². The fourth-order valence-electron chi connectivity index (χ4n) is 6.03. The van der Waals surface area contributed by atoms with Crippen LogP contribution in [0.25, 0.3) is 0 Å². The molecule has 0 saturated heterocycles. The summed E-state index contributed by atoms with van der Waals surface area (Å²) in [5.74, 6) is -0.361. The molecule has 0 aliphatic rings. The largest absolute Gasteiger partial charge is 0.472 e. The Labute approximate surface area is 348 Å². The molecule has 0 spiro atoms. The second-order valence-corrected chi connectivity index (χ2v) is 18.5. The molecular formula is C41H80O15P2. The van der Waals surface area contributed by atoms with E-state index < -0.39 is 78.4 Å². The van der Waals surface area contributed by atoms with Crippen molar-refractivity contribution >= 4 is 27.6 Å². The zero-order valence-electron chi connectivity index (χ0n) is 35.8. The van der Waals surface area contributed by atoms with E-state index in [1.807, 2.05) is 12.2 Å². The first-order chi connectivity index (χ1) is 27.5. The Hall–Kier alpha value is -1.22. The minimum atomic E-state index is -4.88. The maximum absolute atomic E-state index is 12.7. The maximum Gasteiger partial charge on any atom is 0.472 e. The van der Waals surface area contributed by atoms with Gasteiger partial charge in [0.25, 0.3) is 0 Å². The summed E-state index contributed by atoms with van der Waals surface area (Å²) in [6, 6.07) is 0. The third-order valence-corrected chi connectivity index (χ3v) is 11.0. The van der Waals surface area contributed by atoms with Crippen LogP contribution in [0.2, 0.25) is 0 Å². The van der Waals surface area contributed by atoms with Crippen molar-refractivity contribution in [2.24, 2.45) is 5.92 Å². The second kappa shape index (κ2) is 36.4. The average molecular weight is 875 g/mol. The Morgan fingerprint density at radius 3 is 1.62 bits per heavy atom. The highest BCUT2D eigenvalue weighted by atomic mass is 31.2. The van der Waals surface area contributed by atoms with Crippen LogP contribution in [0.15, 0.2) is 12.2 Å². The summed E-state index contributed by atoms with van der Waals surface area (Å²) in [4.78, 5) is 52.7. The van der Waals surface area contributed by atoms with Crippen LogP contribution in [-0.2, 0) is 41.8 Å². The van der Waals surface area contributed by atoms with Crippen molar-refractivity contribution in [3.63, 3.8) is 0 Å². The summed E-state index contributed by atoms with van der Waals surface area (Å²) in [6.07, 6.45) is 22.3. The third-order valence-electron chi connectivity index (χ3n) is 9.52. The van der Waals surface area contributed by atoms with Crippen molar-refractivity contribution in [1.82, 2.24) is 0 Å². The van der Waals surface area contributed by atoms with Crippen LogP contribution in [0.4, 0.5) is 0 Å². The highest BCUT2D eigenvalue weighted by Crippen LogP contribution is 2.43. The molecular weight excluding hydrogens is 794 g/mol. The number of allylic oxidation sites excluding steroid dienone is 1. The predicted molar refractivity (Wildman–Crippen MR) is 224 cm³/mol. The van der Waals surface area contributed by atoms with Gasteiger partial charge in [-0.1, -0.05) is 142 Å². The van der Waals surface area contributed by atoms with Crippen LogP contribution < -0.4 is 0 Å². The normalized spacial score (nSPS) is 15.3. The monoisotopic (exact) mass is 874 g/mol. The van der Waals surface area contributed by atoms with Crippen LogP contribution in [-0.4, -0.2) is 92.8 Å². The lowest BCUT2D eigenvalue weighted by molar-refractivity contribution is -0.161. The van der Waals surface area contributed by atoms with E-state index in [4.69, 9.17) is 23.8 Å². The number of carbonyl (C=O) groups is 2. The van der Waals surface area contributed by atoms with Gasteiger partial charge in [-0.25, -0.2) is 9.13 Å². The SMILES string of the molecule is CCCCC/C=C\C[C@H](O)[C@@H](O)CCCCCCCC(=O)O[C@H](COC(=O)CCCCCCCCCCCCCC(C)C)COP(=O)(O)OC[C@@H](O)COP(=O)(O)O. The Balaban J connectivity index is 4.62. The molecule has 0 rings (SSSR count). The zero-order valence-corrected chi connectivity index (χ0v) is 37.6. The van der Waals surface area contributed by atoms with Crippen molar-refractivity contribution < 1.29 is 71.8 Å². The molecule has 0 aliphatic heterocycles. The molecule has 15 nitrogen and oxygen atoms in total. The highest BCUT2D eigenvalue weighted by molar-refractivity contribution is 7.47. The van der Waals surface area contributed by atoms with Crippen LogP contribution >= 0.6 is 15.6 Å². The molecule has 58 heavy (non-hydrogen) atoms. The summed E-state index contributed by atoms with van der Waals surface area (Å²) < 4.78 is 47.7. The summed E-state index contributed by atoms with van der Waals surface area (Å²) in [7, 11) is -9.72. The summed E-state index contributed by atoms with van der Waals surface area (Å²) in [6.45, 7) is 3.84. The van der Waals surface area contributed by atoms with Gasteiger partial charge in [0, 0.05) is 12.8 Å². The quantitative estimate of drug-likeness (QED) is 0.0146. The van der Waals surface area contributed by atoms with E-state index in [1.165, 1.54) is 57.8 Å². The fraction of sp³-hybridized carbons (Fsp3) is 0.902. The van der Waals surface area contributed by atoms with Gasteiger partial charge in [0.1, 0.15) is 12.7 Å². The molecule has 17 heteroatoms. The molecule has 0 aromatic carbocycles. The van der Waals surface area contributed by atoms with Crippen LogP contribution in [0.3, 0.4) is 0 Å². The van der Waals surface area contributed by atoms with Crippen molar-refractivity contribution in [3.05, 3.63) is 12.2 Å². The number of aliphatic hydroxyl groups excluding tert-OH is 3.